The molecule has 0 radical (unpaired) electrons. The Labute approximate surface area is 81.6 Å². The summed E-state index contributed by atoms with van der Waals surface area (Å²) >= 11 is 0. The predicted octanol–water partition coefficient (Wildman–Crippen LogP) is 0.355. The Balaban J connectivity index is 1.95. The zero-order valence-corrected chi connectivity index (χ0v) is 8.10. The zero-order valence-electron chi connectivity index (χ0n) is 8.10. The minimum atomic E-state index is -0.145. The number of cyclic esters (lactones) is 2. The summed E-state index contributed by atoms with van der Waals surface area (Å²) in [5.41, 5.74) is 0. The van der Waals surface area contributed by atoms with Crippen LogP contribution < -0.4 is 0 Å². The molecule has 4 nitrogen and oxygen atoms in total. The fourth-order valence-corrected chi connectivity index (χ4v) is 3.29. The second-order valence-corrected chi connectivity index (χ2v) is 4.49. The molecule has 3 rings (SSSR count). The molecular formula is C10H12O4. The average molecular weight is 196 g/mol. The van der Waals surface area contributed by atoms with Crippen LogP contribution in [0.15, 0.2) is 0 Å². The third-order valence-corrected chi connectivity index (χ3v) is 3.89. The molecule has 0 aromatic heterocycles. The number of fused-ring (bicyclic) bond motifs is 4. The SMILES string of the molecule is CC1OC(=O)C2C1C1C(=O)OC(C)C21. The van der Waals surface area contributed by atoms with Crippen molar-refractivity contribution in [3.63, 3.8) is 0 Å². The van der Waals surface area contributed by atoms with Gasteiger partial charge < -0.3 is 9.47 Å². The molecule has 3 aliphatic rings. The average Bonchev–Trinajstić information content (AvgIpc) is 2.31. The van der Waals surface area contributed by atoms with E-state index in [4.69, 9.17) is 9.47 Å². The number of hydrogen-bond donors (Lipinski definition) is 0. The third kappa shape index (κ3) is 0.713. The van der Waals surface area contributed by atoms with Gasteiger partial charge in [0.15, 0.2) is 0 Å². The van der Waals surface area contributed by atoms with Crippen molar-refractivity contribution < 1.29 is 19.1 Å². The third-order valence-electron chi connectivity index (χ3n) is 3.89. The summed E-state index contributed by atoms with van der Waals surface area (Å²) in [6.45, 7) is 3.71. The molecule has 4 heteroatoms. The lowest BCUT2D eigenvalue weighted by atomic mass is 9.56. The normalized spacial score (nSPS) is 54.4. The number of carbonyl (C=O) groups is 2. The first-order valence-corrected chi connectivity index (χ1v) is 5.02. The Bertz CT molecular complexity index is 284. The minimum Gasteiger partial charge on any atom is -0.462 e. The molecule has 2 atom stereocenters. The van der Waals surface area contributed by atoms with Crippen molar-refractivity contribution in [2.75, 3.05) is 0 Å². The van der Waals surface area contributed by atoms with Crippen molar-refractivity contribution in [2.45, 2.75) is 26.1 Å². The zero-order chi connectivity index (χ0) is 10.0. The van der Waals surface area contributed by atoms with Gasteiger partial charge in [-0.05, 0) is 13.8 Å². The first-order valence-electron chi connectivity index (χ1n) is 5.02. The van der Waals surface area contributed by atoms with Crippen molar-refractivity contribution in [2.24, 2.45) is 23.7 Å². The van der Waals surface area contributed by atoms with Gasteiger partial charge in [-0.25, -0.2) is 0 Å². The number of carbonyl (C=O) groups excluding carboxylic acids is 2. The van der Waals surface area contributed by atoms with E-state index in [-0.39, 0.29) is 47.8 Å². The lowest BCUT2D eigenvalue weighted by Crippen LogP contribution is -2.51. The van der Waals surface area contributed by atoms with Gasteiger partial charge in [-0.1, -0.05) is 0 Å². The van der Waals surface area contributed by atoms with Crippen molar-refractivity contribution in [1.29, 1.82) is 0 Å². The molecule has 3 fully saturated rings. The van der Waals surface area contributed by atoms with Gasteiger partial charge in [0.2, 0.25) is 0 Å². The Hall–Kier alpha value is -1.06. The quantitative estimate of drug-likeness (QED) is 0.525. The van der Waals surface area contributed by atoms with E-state index in [2.05, 4.69) is 0 Å². The molecule has 14 heavy (non-hydrogen) atoms. The summed E-state index contributed by atoms with van der Waals surface area (Å²) in [7, 11) is 0. The standard InChI is InChI=1S/C10H12O4/c1-3-5-7(9(11)13-3)6-4(2)14-10(12)8(5)6/h3-8H,1-2H3. The largest absolute Gasteiger partial charge is 0.462 e. The molecule has 0 aromatic carbocycles. The maximum Gasteiger partial charge on any atom is 0.310 e. The van der Waals surface area contributed by atoms with E-state index in [1.807, 2.05) is 13.8 Å². The van der Waals surface area contributed by atoms with E-state index in [1.165, 1.54) is 0 Å². The number of rotatable bonds is 0. The maximum atomic E-state index is 11.5. The van der Waals surface area contributed by atoms with Crippen LogP contribution in [0.4, 0.5) is 0 Å². The van der Waals surface area contributed by atoms with Crippen LogP contribution in [0, 0.1) is 23.7 Å². The second-order valence-electron chi connectivity index (χ2n) is 4.49. The van der Waals surface area contributed by atoms with Gasteiger partial charge in [0, 0.05) is 11.8 Å². The Morgan fingerprint density at radius 1 is 0.857 bits per heavy atom. The van der Waals surface area contributed by atoms with Crippen LogP contribution in [-0.2, 0) is 19.1 Å². The number of hydrogen-bond acceptors (Lipinski definition) is 4. The fraction of sp³-hybridized carbons (Fsp3) is 0.800. The van der Waals surface area contributed by atoms with Crippen LogP contribution in [0.2, 0.25) is 0 Å². The first-order chi connectivity index (χ1) is 6.61. The van der Waals surface area contributed by atoms with Crippen molar-refractivity contribution >= 4 is 11.9 Å². The number of esters is 2. The molecule has 2 heterocycles. The smallest absolute Gasteiger partial charge is 0.310 e. The summed E-state index contributed by atoms with van der Waals surface area (Å²) in [5, 5.41) is 0. The topological polar surface area (TPSA) is 52.6 Å². The van der Waals surface area contributed by atoms with E-state index in [1.54, 1.807) is 0 Å². The van der Waals surface area contributed by atoms with E-state index in [0.29, 0.717) is 0 Å². The van der Waals surface area contributed by atoms with E-state index >= 15 is 0 Å². The van der Waals surface area contributed by atoms with Gasteiger partial charge >= 0.3 is 11.9 Å². The highest BCUT2D eigenvalue weighted by atomic mass is 16.6. The van der Waals surface area contributed by atoms with E-state index in [9.17, 15) is 9.59 Å². The van der Waals surface area contributed by atoms with E-state index in [0.717, 1.165) is 0 Å². The van der Waals surface area contributed by atoms with Crippen LogP contribution in [0.5, 0.6) is 0 Å². The molecule has 76 valence electrons. The summed E-state index contributed by atoms with van der Waals surface area (Å²) < 4.78 is 10.3. The van der Waals surface area contributed by atoms with Gasteiger partial charge in [0.05, 0.1) is 11.8 Å². The van der Waals surface area contributed by atoms with Crippen molar-refractivity contribution in [3.8, 4) is 0 Å². The summed E-state index contributed by atoms with van der Waals surface area (Å²) in [5.74, 6) is -0.314. The van der Waals surface area contributed by atoms with Gasteiger partial charge in [-0.15, -0.1) is 0 Å². The summed E-state index contributed by atoms with van der Waals surface area (Å²) in [6, 6.07) is 0. The molecule has 0 bridgehead atoms. The monoisotopic (exact) mass is 196 g/mol. The molecule has 0 aromatic rings. The van der Waals surface area contributed by atoms with E-state index < -0.39 is 0 Å². The highest BCUT2D eigenvalue weighted by Crippen LogP contribution is 2.58. The van der Waals surface area contributed by atoms with Crippen molar-refractivity contribution in [3.05, 3.63) is 0 Å². The van der Waals surface area contributed by atoms with Crippen LogP contribution in [0.25, 0.3) is 0 Å². The molecular weight excluding hydrogens is 184 g/mol. The molecule has 0 spiro atoms. The Morgan fingerprint density at radius 2 is 1.21 bits per heavy atom. The lowest BCUT2D eigenvalue weighted by molar-refractivity contribution is -0.147. The molecule has 0 amide bonds. The maximum absolute atomic E-state index is 11.5. The molecule has 2 saturated heterocycles. The van der Waals surface area contributed by atoms with Gasteiger partial charge in [-0.3, -0.25) is 9.59 Å². The van der Waals surface area contributed by atoms with Crippen LogP contribution >= 0.6 is 0 Å². The van der Waals surface area contributed by atoms with Gasteiger partial charge in [0.1, 0.15) is 12.2 Å². The molecule has 1 saturated carbocycles. The number of ether oxygens (including phenoxy) is 2. The predicted molar refractivity (Wildman–Crippen MR) is 45.1 cm³/mol. The molecule has 0 N–H and O–H groups in total. The van der Waals surface area contributed by atoms with Crippen LogP contribution in [-0.4, -0.2) is 24.1 Å². The van der Waals surface area contributed by atoms with Crippen LogP contribution in [0.3, 0.4) is 0 Å². The highest BCUT2D eigenvalue weighted by molar-refractivity contribution is 5.86. The molecule has 2 aliphatic heterocycles. The van der Waals surface area contributed by atoms with Gasteiger partial charge in [0.25, 0.3) is 0 Å². The molecule has 2 unspecified atom stereocenters. The summed E-state index contributed by atoms with van der Waals surface area (Å²) in [4.78, 5) is 22.9. The fourth-order valence-electron chi connectivity index (χ4n) is 3.29. The molecule has 1 aliphatic carbocycles. The Morgan fingerprint density at radius 3 is 1.57 bits per heavy atom. The van der Waals surface area contributed by atoms with Crippen molar-refractivity contribution in [1.82, 2.24) is 0 Å². The highest BCUT2D eigenvalue weighted by Gasteiger charge is 2.69. The second kappa shape index (κ2) is 2.30. The van der Waals surface area contributed by atoms with Gasteiger partial charge in [-0.2, -0.15) is 0 Å². The Kier molecular flexibility index (Phi) is 1.36. The lowest BCUT2D eigenvalue weighted by Gasteiger charge is -2.40. The minimum absolute atomic E-state index is 0.0740. The summed E-state index contributed by atoms with van der Waals surface area (Å²) in [6.07, 6.45) is -0.238. The van der Waals surface area contributed by atoms with Crippen LogP contribution in [0.1, 0.15) is 13.8 Å². The first kappa shape index (κ1) is 8.26.